The maximum absolute atomic E-state index is 5.38. The van der Waals surface area contributed by atoms with E-state index in [1.807, 2.05) is 37.5 Å². The molecule has 0 bridgehead atoms. The van der Waals surface area contributed by atoms with Gasteiger partial charge >= 0.3 is 0 Å². The Labute approximate surface area is 196 Å². The predicted octanol–water partition coefficient (Wildman–Crippen LogP) is 2.70. The Balaban J connectivity index is 0.00000320. The number of aliphatic imine (C=N–C) groups is 1. The highest BCUT2D eigenvalue weighted by molar-refractivity contribution is 14.0. The van der Waals surface area contributed by atoms with E-state index in [2.05, 4.69) is 37.6 Å². The third kappa shape index (κ3) is 7.32. The molecule has 0 saturated carbocycles. The van der Waals surface area contributed by atoms with Crippen LogP contribution in [0.2, 0.25) is 0 Å². The van der Waals surface area contributed by atoms with Crippen molar-refractivity contribution in [2.24, 2.45) is 4.99 Å². The van der Waals surface area contributed by atoms with Crippen LogP contribution in [0.3, 0.4) is 0 Å². The molecule has 1 saturated heterocycles. The summed E-state index contributed by atoms with van der Waals surface area (Å²) < 4.78 is 10.8. The monoisotopic (exact) mass is 525 g/mol. The number of hydrogen-bond donors (Lipinski definition) is 2. The van der Waals surface area contributed by atoms with Gasteiger partial charge in [0.05, 0.1) is 14.2 Å². The molecule has 1 aromatic carbocycles. The molecule has 2 aromatic rings. The largest absolute Gasteiger partial charge is 0.497 e. The molecule has 164 valence electrons. The zero-order valence-corrected chi connectivity index (χ0v) is 20.3. The van der Waals surface area contributed by atoms with Gasteiger partial charge in [-0.2, -0.15) is 0 Å². The van der Waals surface area contributed by atoms with Crippen molar-refractivity contribution >= 4 is 29.9 Å². The van der Waals surface area contributed by atoms with E-state index in [1.54, 1.807) is 14.2 Å². The van der Waals surface area contributed by atoms with E-state index in [0.29, 0.717) is 6.04 Å². The number of nitrogens with zero attached hydrogens (tertiary/aromatic N) is 3. The molecule has 0 aliphatic carbocycles. The van der Waals surface area contributed by atoms with E-state index in [4.69, 9.17) is 9.47 Å². The zero-order valence-electron chi connectivity index (χ0n) is 17.9. The summed E-state index contributed by atoms with van der Waals surface area (Å²) in [4.78, 5) is 11.2. The highest BCUT2D eigenvalue weighted by atomic mass is 127. The molecule has 1 aliphatic rings. The number of nitrogens with one attached hydrogen (secondary N) is 2. The van der Waals surface area contributed by atoms with E-state index >= 15 is 0 Å². The molecule has 1 aliphatic heterocycles. The van der Waals surface area contributed by atoms with Crippen molar-refractivity contribution in [3.63, 3.8) is 0 Å². The van der Waals surface area contributed by atoms with Gasteiger partial charge < -0.3 is 20.1 Å². The van der Waals surface area contributed by atoms with E-state index in [0.717, 1.165) is 62.2 Å². The number of guanidine groups is 1. The SMILES string of the molecule is CN=C(NCCc1ccccn1)NC1CCN(Cc2cc(OC)cc(OC)c2)C1.I. The first-order valence-electron chi connectivity index (χ1n) is 10.0. The normalized spacial score (nSPS) is 16.6. The van der Waals surface area contributed by atoms with Crippen molar-refractivity contribution in [1.29, 1.82) is 0 Å². The topological polar surface area (TPSA) is 71.0 Å². The van der Waals surface area contributed by atoms with Crippen LogP contribution in [0.5, 0.6) is 11.5 Å². The summed E-state index contributed by atoms with van der Waals surface area (Å²) in [6, 6.07) is 12.4. The van der Waals surface area contributed by atoms with Crippen LogP contribution >= 0.6 is 24.0 Å². The summed E-state index contributed by atoms with van der Waals surface area (Å²) in [5.74, 6) is 2.49. The maximum Gasteiger partial charge on any atom is 0.191 e. The Hall–Kier alpha value is -2.07. The highest BCUT2D eigenvalue weighted by Gasteiger charge is 2.23. The van der Waals surface area contributed by atoms with Gasteiger partial charge in [-0.05, 0) is 36.2 Å². The first-order valence-corrected chi connectivity index (χ1v) is 10.0. The Kier molecular flexibility index (Phi) is 10.2. The fourth-order valence-electron chi connectivity index (χ4n) is 3.55. The summed E-state index contributed by atoms with van der Waals surface area (Å²) in [6.45, 7) is 3.69. The van der Waals surface area contributed by atoms with Gasteiger partial charge in [0.15, 0.2) is 5.96 Å². The molecule has 3 rings (SSSR count). The standard InChI is InChI=1S/C22H31N5O2.HI/c1-23-22(25-10-7-18-6-4-5-9-24-18)26-19-8-11-27(16-19)15-17-12-20(28-2)14-21(13-17)29-3;/h4-6,9,12-14,19H,7-8,10-11,15-16H2,1-3H3,(H2,23,25,26);1H. The van der Waals surface area contributed by atoms with Crippen molar-refractivity contribution in [2.45, 2.75) is 25.4 Å². The molecule has 8 heteroatoms. The number of likely N-dealkylation sites (tertiary alicyclic amines) is 1. The zero-order chi connectivity index (χ0) is 20.5. The predicted molar refractivity (Wildman–Crippen MR) is 131 cm³/mol. The van der Waals surface area contributed by atoms with E-state index in [1.165, 1.54) is 5.56 Å². The van der Waals surface area contributed by atoms with Crippen LogP contribution < -0.4 is 20.1 Å². The number of benzene rings is 1. The molecule has 2 heterocycles. The summed E-state index contributed by atoms with van der Waals surface area (Å²) in [6.07, 6.45) is 3.78. The Morgan fingerprint density at radius 3 is 2.60 bits per heavy atom. The lowest BCUT2D eigenvalue weighted by molar-refractivity contribution is 0.321. The number of pyridine rings is 1. The smallest absolute Gasteiger partial charge is 0.191 e. The average Bonchev–Trinajstić information content (AvgIpc) is 3.20. The molecular weight excluding hydrogens is 493 g/mol. The van der Waals surface area contributed by atoms with Crippen LogP contribution in [-0.2, 0) is 13.0 Å². The minimum absolute atomic E-state index is 0. The molecular formula is C22H32IN5O2. The minimum atomic E-state index is 0. The number of ether oxygens (including phenoxy) is 2. The molecule has 0 amide bonds. The van der Waals surface area contributed by atoms with E-state index in [9.17, 15) is 0 Å². The number of rotatable bonds is 8. The first-order chi connectivity index (χ1) is 14.2. The van der Waals surface area contributed by atoms with Crippen molar-refractivity contribution in [3.8, 4) is 11.5 Å². The van der Waals surface area contributed by atoms with Crippen LogP contribution in [0, 0.1) is 0 Å². The van der Waals surface area contributed by atoms with Crippen molar-refractivity contribution in [2.75, 3.05) is 40.9 Å². The second kappa shape index (κ2) is 12.6. The molecule has 30 heavy (non-hydrogen) atoms. The number of halogens is 1. The quantitative estimate of drug-likeness (QED) is 0.314. The molecule has 0 radical (unpaired) electrons. The van der Waals surface area contributed by atoms with Crippen LogP contribution in [-0.4, -0.2) is 62.8 Å². The van der Waals surface area contributed by atoms with Gasteiger partial charge in [-0.3, -0.25) is 14.9 Å². The molecule has 1 fully saturated rings. The van der Waals surface area contributed by atoms with E-state index < -0.39 is 0 Å². The molecule has 0 spiro atoms. The molecule has 1 atom stereocenters. The lowest BCUT2D eigenvalue weighted by Crippen LogP contribution is -2.45. The fraction of sp³-hybridized carbons (Fsp3) is 0.455. The van der Waals surface area contributed by atoms with Crippen molar-refractivity contribution in [1.82, 2.24) is 20.5 Å². The van der Waals surface area contributed by atoms with Crippen molar-refractivity contribution in [3.05, 3.63) is 53.9 Å². The third-order valence-electron chi connectivity index (χ3n) is 5.05. The van der Waals surface area contributed by atoms with Crippen molar-refractivity contribution < 1.29 is 9.47 Å². The second-order valence-corrected chi connectivity index (χ2v) is 7.16. The summed E-state index contributed by atoms with van der Waals surface area (Å²) in [7, 11) is 5.17. The van der Waals surface area contributed by atoms with E-state index in [-0.39, 0.29) is 24.0 Å². The van der Waals surface area contributed by atoms with Crippen LogP contribution in [0.4, 0.5) is 0 Å². The Morgan fingerprint density at radius 1 is 1.20 bits per heavy atom. The molecule has 1 aromatic heterocycles. The third-order valence-corrected chi connectivity index (χ3v) is 5.05. The fourth-order valence-corrected chi connectivity index (χ4v) is 3.55. The lowest BCUT2D eigenvalue weighted by atomic mass is 10.2. The highest BCUT2D eigenvalue weighted by Crippen LogP contribution is 2.24. The summed E-state index contributed by atoms with van der Waals surface area (Å²) >= 11 is 0. The average molecular weight is 525 g/mol. The van der Waals surface area contributed by atoms with Gasteiger partial charge in [0.1, 0.15) is 11.5 Å². The lowest BCUT2D eigenvalue weighted by Gasteiger charge is -2.19. The Bertz CT molecular complexity index is 781. The van der Waals surface area contributed by atoms with Crippen LogP contribution in [0.25, 0.3) is 0 Å². The van der Waals surface area contributed by atoms with Gasteiger partial charge in [0.2, 0.25) is 0 Å². The van der Waals surface area contributed by atoms with Crippen LogP contribution in [0.1, 0.15) is 17.7 Å². The van der Waals surface area contributed by atoms with Gasteiger partial charge in [0.25, 0.3) is 0 Å². The summed E-state index contributed by atoms with van der Waals surface area (Å²) in [5, 5.41) is 6.93. The first kappa shape index (κ1) is 24.2. The number of hydrogen-bond acceptors (Lipinski definition) is 5. The Morgan fingerprint density at radius 2 is 1.97 bits per heavy atom. The molecule has 2 N–H and O–H groups in total. The minimum Gasteiger partial charge on any atom is -0.497 e. The van der Waals surface area contributed by atoms with Gasteiger partial charge in [-0.1, -0.05) is 6.07 Å². The number of aromatic nitrogens is 1. The van der Waals surface area contributed by atoms with Crippen LogP contribution in [0.15, 0.2) is 47.6 Å². The maximum atomic E-state index is 5.38. The van der Waals surface area contributed by atoms with Gasteiger partial charge in [-0.25, -0.2) is 0 Å². The van der Waals surface area contributed by atoms with Gasteiger partial charge in [0, 0.05) is 63.6 Å². The summed E-state index contributed by atoms with van der Waals surface area (Å²) in [5.41, 5.74) is 2.27. The molecule has 1 unspecified atom stereocenters. The molecule has 7 nitrogen and oxygen atoms in total. The second-order valence-electron chi connectivity index (χ2n) is 7.16. The van der Waals surface area contributed by atoms with Gasteiger partial charge in [-0.15, -0.1) is 24.0 Å². The number of methoxy groups -OCH3 is 2.